The van der Waals surface area contributed by atoms with E-state index in [1.807, 2.05) is 19.9 Å². The summed E-state index contributed by atoms with van der Waals surface area (Å²) in [4.78, 5) is 11.8. The highest BCUT2D eigenvalue weighted by Gasteiger charge is 2.10. The van der Waals surface area contributed by atoms with Crippen LogP contribution in [0.4, 0.5) is 14.9 Å². The Bertz CT molecular complexity index is 730. The zero-order chi connectivity index (χ0) is 16.8. The number of hydrogen-bond acceptors (Lipinski definition) is 4. The summed E-state index contributed by atoms with van der Waals surface area (Å²) in [5.74, 6) is 0.267. The minimum atomic E-state index is -0.521. The molecule has 0 aliphatic heterocycles. The van der Waals surface area contributed by atoms with Crippen molar-refractivity contribution in [1.29, 1.82) is 5.26 Å². The molecule has 0 aliphatic rings. The SMILES string of the molecule is Cc1noc(C)c1CCCNC(=O)Nc1ccc(F)cc1C#N. The van der Waals surface area contributed by atoms with Crippen LogP contribution in [-0.2, 0) is 6.42 Å². The molecule has 0 saturated heterocycles. The Morgan fingerprint density at radius 1 is 1.43 bits per heavy atom. The Hall–Kier alpha value is -2.88. The van der Waals surface area contributed by atoms with Gasteiger partial charge in [-0.1, -0.05) is 5.16 Å². The van der Waals surface area contributed by atoms with Gasteiger partial charge in [0.15, 0.2) is 0 Å². The van der Waals surface area contributed by atoms with Crippen LogP contribution in [0, 0.1) is 31.0 Å². The molecule has 0 saturated carbocycles. The van der Waals surface area contributed by atoms with Crippen molar-refractivity contribution in [3.63, 3.8) is 0 Å². The van der Waals surface area contributed by atoms with E-state index in [4.69, 9.17) is 9.78 Å². The van der Waals surface area contributed by atoms with Gasteiger partial charge in [0, 0.05) is 12.1 Å². The normalized spacial score (nSPS) is 10.2. The van der Waals surface area contributed by atoms with Crippen molar-refractivity contribution in [3.05, 3.63) is 46.6 Å². The maximum Gasteiger partial charge on any atom is 0.319 e. The quantitative estimate of drug-likeness (QED) is 0.829. The summed E-state index contributed by atoms with van der Waals surface area (Å²) >= 11 is 0. The first-order valence-electron chi connectivity index (χ1n) is 7.17. The van der Waals surface area contributed by atoms with E-state index < -0.39 is 11.8 Å². The van der Waals surface area contributed by atoms with Crippen LogP contribution in [0.2, 0.25) is 0 Å². The molecule has 0 fully saturated rings. The van der Waals surface area contributed by atoms with Crippen molar-refractivity contribution < 1.29 is 13.7 Å². The monoisotopic (exact) mass is 316 g/mol. The molecule has 7 heteroatoms. The van der Waals surface area contributed by atoms with Crippen molar-refractivity contribution in [2.24, 2.45) is 0 Å². The zero-order valence-corrected chi connectivity index (χ0v) is 12.9. The summed E-state index contributed by atoms with van der Waals surface area (Å²) in [6, 6.07) is 5.03. The number of aryl methyl sites for hydroxylation is 2. The van der Waals surface area contributed by atoms with Crippen LogP contribution in [-0.4, -0.2) is 17.7 Å². The van der Waals surface area contributed by atoms with Gasteiger partial charge in [0.1, 0.15) is 17.6 Å². The second-order valence-corrected chi connectivity index (χ2v) is 5.09. The summed E-state index contributed by atoms with van der Waals surface area (Å²) in [5.41, 5.74) is 2.27. The summed E-state index contributed by atoms with van der Waals surface area (Å²) in [6.45, 7) is 4.19. The van der Waals surface area contributed by atoms with E-state index in [9.17, 15) is 9.18 Å². The molecule has 0 radical (unpaired) electrons. The number of benzene rings is 1. The van der Waals surface area contributed by atoms with Gasteiger partial charge in [0.2, 0.25) is 0 Å². The summed E-state index contributed by atoms with van der Waals surface area (Å²) < 4.78 is 18.1. The van der Waals surface area contributed by atoms with Gasteiger partial charge in [-0.2, -0.15) is 5.26 Å². The number of nitriles is 1. The molecule has 0 bridgehead atoms. The highest BCUT2D eigenvalue weighted by molar-refractivity contribution is 5.90. The third-order valence-electron chi connectivity index (χ3n) is 3.42. The largest absolute Gasteiger partial charge is 0.361 e. The fraction of sp³-hybridized carbons (Fsp3) is 0.312. The van der Waals surface area contributed by atoms with E-state index in [2.05, 4.69) is 15.8 Å². The Kier molecular flexibility index (Phi) is 5.31. The number of amides is 2. The molecule has 2 aromatic rings. The molecule has 0 unspecified atom stereocenters. The molecule has 120 valence electrons. The third-order valence-corrected chi connectivity index (χ3v) is 3.42. The maximum absolute atomic E-state index is 13.0. The van der Waals surface area contributed by atoms with Crippen LogP contribution in [0.15, 0.2) is 22.7 Å². The van der Waals surface area contributed by atoms with Crippen molar-refractivity contribution in [2.75, 3.05) is 11.9 Å². The van der Waals surface area contributed by atoms with Crippen molar-refractivity contribution in [1.82, 2.24) is 10.5 Å². The first-order valence-corrected chi connectivity index (χ1v) is 7.17. The van der Waals surface area contributed by atoms with E-state index >= 15 is 0 Å². The Balaban J connectivity index is 1.81. The molecule has 2 amide bonds. The topological polar surface area (TPSA) is 90.9 Å². The predicted molar refractivity (Wildman–Crippen MR) is 82.4 cm³/mol. The van der Waals surface area contributed by atoms with Crippen LogP contribution in [0.3, 0.4) is 0 Å². The van der Waals surface area contributed by atoms with Crippen LogP contribution >= 0.6 is 0 Å². The number of halogens is 1. The average Bonchev–Trinajstić information content (AvgIpc) is 2.84. The van der Waals surface area contributed by atoms with Crippen LogP contribution in [0.25, 0.3) is 0 Å². The summed E-state index contributed by atoms with van der Waals surface area (Å²) in [5, 5.41) is 18.0. The van der Waals surface area contributed by atoms with E-state index in [1.165, 1.54) is 12.1 Å². The number of nitrogens with zero attached hydrogens (tertiary/aromatic N) is 2. The average molecular weight is 316 g/mol. The Morgan fingerprint density at radius 2 is 2.22 bits per heavy atom. The molecule has 23 heavy (non-hydrogen) atoms. The molecule has 0 spiro atoms. The predicted octanol–water partition coefficient (Wildman–Crippen LogP) is 3.06. The second-order valence-electron chi connectivity index (χ2n) is 5.09. The zero-order valence-electron chi connectivity index (χ0n) is 12.9. The van der Waals surface area contributed by atoms with Crippen molar-refractivity contribution >= 4 is 11.7 Å². The van der Waals surface area contributed by atoms with Crippen LogP contribution in [0.5, 0.6) is 0 Å². The highest BCUT2D eigenvalue weighted by Crippen LogP contribution is 2.16. The number of nitrogens with one attached hydrogen (secondary N) is 2. The smallest absolute Gasteiger partial charge is 0.319 e. The van der Waals surface area contributed by atoms with Gasteiger partial charge < -0.3 is 15.2 Å². The van der Waals surface area contributed by atoms with Crippen LogP contribution < -0.4 is 10.6 Å². The lowest BCUT2D eigenvalue weighted by atomic mass is 10.1. The first-order chi connectivity index (χ1) is 11.0. The van der Waals surface area contributed by atoms with Gasteiger partial charge in [-0.3, -0.25) is 0 Å². The third kappa shape index (κ3) is 4.30. The fourth-order valence-electron chi connectivity index (χ4n) is 2.21. The molecule has 0 aliphatic carbocycles. The Morgan fingerprint density at radius 3 is 2.87 bits per heavy atom. The number of carbonyl (C=O) groups is 1. The van der Waals surface area contributed by atoms with Crippen molar-refractivity contribution in [3.8, 4) is 6.07 Å². The second kappa shape index (κ2) is 7.40. The lowest BCUT2D eigenvalue weighted by molar-refractivity contribution is 0.252. The van der Waals surface area contributed by atoms with E-state index in [0.717, 1.165) is 35.9 Å². The summed E-state index contributed by atoms with van der Waals surface area (Å²) in [6.07, 6.45) is 1.48. The number of hydrogen-bond donors (Lipinski definition) is 2. The number of anilines is 1. The molecule has 1 aromatic heterocycles. The van der Waals surface area contributed by atoms with Crippen molar-refractivity contribution in [2.45, 2.75) is 26.7 Å². The minimum absolute atomic E-state index is 0.0795. The molecule has 1 heterocycles. The van der Waals surface area contributed by atoms with Gasteiger partial charge >= 0.3 is 6.03 Å². The molecular weight excluding hydrogens is 299 g/mol. The van der Waals surface area contributed by atoms with E-state index in [1.54, 1.807) is 0 Å². The first kappa shape index (κ1) is 16.5. The molecule has 2 rings (SSSR count). The fourth-order valence-corrected chi connectivity index (χ4v) is 2.21. The van der Waals surface area contributed by atoms with Gasteiger partial charge in [-0.05, 0) is 44.9 Å². The molecule has 6 nitrogen and oxygen atoms in total. The number of aromatic nitrogens is 1. The number of carbonyl (C=O) groups excluding carboxylic acids is 1. The number of urea groups is 1. The van der Waals surface area contributed by atoms with Gasteiger partial charge in [0.25, 0.3) is 0 Å². The molecule has 1 aromatic carbocycles. The Labute approximate surface area is 133 Å². The standard InChI is InChI=1S/C16H17FN4O2/c1-10-14(11(2)23-21-10)4-3-7-19-16(22)20-15-6-5-13(17)8-12(15)9-18/h5-6,8H,3-4,7H2,1-2H3,(H2,19,20,22). The molecule has 2 N–H and O–H groups in total. The van der Waals surface area contributed by atoms with Gasteiger partial charge in [-0.15, -0.1) is 0 Å². The molecule has 0 atom stereocenters. The van der Waals surface area contributed by atoms with E-state index in [-0.39, 0.29) is 11.3 Å². The van der Waals surface area contributed by atoms with Gasteiger partial charge in [-0.25, -0.2) is 9.18 Å². The lowest BCUT2D eigenvalue weighted by Gasteiger charge is -2.09. The van der Waals surface area contributed by atoms with Crippen LogP contribution in [0.1, 0.15) is 29.0 Å². The summed E-state index contributed by atoms with van der Waals surface area (Å²) in [7, 11) is 0. The van der Waals surface area contributed by atoms with Gasteiger partial charge in [0.05, 0.1) is 16.9 Å². The highest BCUT2D eigenvalue weighted by atomic mass is 19.1. The number of rotatable bonds is 5. The lowest BCUT2D eigenvalue weighted by Crippen LogP contribution is -2.30. The molecular formula is C16H17FN4O2. The minimum Gasteiger partial charge on any atom is -0.361 e. The maximum atomic E-state index is 13.0. The van der Waals surface area contributed by atoms with E-state index in [0.29, 0.717) is 6.54 Å².